The molecule has 118 valence electrons. The maximum atomic E-state index is 13.5. The van der Waals surface area contributed by atoms with Crippen molar-refractivity contribution in [3.05, 3.63) is 59.4 Å². The van der Waals surface area contributed by atoms with Crippen LogP contribution in [-0.2, 0) is 12.7 Å². The van der Waals surface area contributed by atoms with E-state index in [0.717, 1.165) is 17.8 Å². The Kier molecular flexibility index (Phi) is 4.87. The first-order valence-corrected chi connectivity index (χ1v) is 6.39. The molecule has 0 heterocycles. The zero-order chi connectivity index (χ0) is 16.2. The van der Waals surface area contributed by atoms with E-state index in [2.05, 4.69) is 10.9 Å². The topological polar surface area (TPSA) is 33.3 Å². The van der Waals surface area contributed by atoms with Crippen molar-refractivity contribution in [3.8, 4) is 5.75 Å². The van der Waals surface area contributed by atoms with Crippen LogP contribution in [0, 0.1) is 5.82 Å². The van der Waals surface area contributed by atoms with Crippen LogP contribution < -0.4 is 15.6 Å². The van der Waals surface area contributed by atoms with E-state index < -0.39 is 17.6 Å². The quantitative estimate of drug-likeness (QED) is 0.647. The average molecular weight is 314 g/mol. The first-order chi connectivity index (χ1) is 10.4. The second kappa shape index (κ2) is 6.65. The molecule has 0 atom stereocenters. The fourth-order valence-electron chi connectivity index (χ4n) is 1.91. The van der Waals surface area contributed by atoms with Gasteiger partial charge in [0, 0.05) is 23.9 Å². The molecule has 0 aliphatic rings. The van der Waals surface area contributed by atoms with Gasteiger partial charge in [0.2, 0.25) is 0 Å². The van der Waals surface area contributed by atoms with Crippen molar-refractivity contribution in [1.29, 1.82) is 0 Å². The van der Waals surface area contributed by atoms with Crippen molar-refractivity contribution in [2.75, 3.05) is 12.5 Å². The first kappa shape index (κ1) is 16.1. The van der Waals surface area contributed by atoms with Gasteiger partial charge in [-0.05, 0) is 18.2 Å². The van der Waals surface area contributed by atoms with Gasteiger partial charge >= 0.3 is 6.18 Å². The lowest BCUT2D eigenvalue weighted by Gasteiger charge is -2.15. The Labute approximate surface area is 124 Å². The number of halogens is 4. The second-order valence-electron chi connectivity index (χ2n) is 4.49. The van der Waals surface area contributed by atoms with Gasteiger partial charge in [-0.2, -0.15) is 13.2 Å². The minimum absolute atomic E-state index is 0.0292. The number of anilines is 1. The summed E-state index contributed by atoms with van der Waals surface area (Å²) in [6.07, 6.45) is -4.75. The van der Waals surface area contributed by atoms with E-state index in [9.17, 15) is 17.6 Å². The van der Waals surface area contributed by atoms with Gasteiger partial charge in [-0.15, -0.1) is 0 Å². The molecule has 3 nitrogen and oxygen atoms in total. The van der Waals surface area contributed by atoms with Crippen molar-refractivity contribution in [3.63, 3.8) is 0 Å². The number of methoxy groups -OCH3 is 1. The van der Waals surface area contributed by atoms with Crippen LogP contribution in [0.5, 0.6) is 5.75 Å². The predicted molar refractivity (Wildman–Crippen MR) is 74.9 cm³/mol. The molecule has 0 amide bonds. The number of benzene rings is 2. The molecule has 22 heavy (non-hydrogen) atoms. The molecule has 0 aliphatic carbocycles. The molecule has 0 radical (unpaired) electrons. The second-order valence-corrected chi connectivity index (χ2v) is 4.49. The van der Waals surface area contributed by atoms with E-state index >= 15 is 0 Å². The van der Waals surface area contributed by atoms with Crippen molar-refractivity contribution < 1.29 is 22.3 Å². The first-order valence-electron chi connectivity index (χ1n) is 6.39. The molecule has 0 unspecified atom stereocenters. The summed E-state index contributed by atoms with van der Waals surface area (Å²) in [4.78, 5) is 0. The van der Waals surface area contributed by atoms with Crippen LogP contribution in [0.4, 0.5) is 23.2 Å². The molecule has 2 N–H and O–H groups in total. The van der Waals surface area contributed by atoms with Crippen molar-refractivity contribution in [1.82, 2.24) is 5.43 Å². The molecule has 0 saturated heterocycles. The van der Waals surface area contributed by atoms with E-state index in [-0.39, 0.29) is 17.9 Å². The Morgan fingerprint density at radius 3 is 2.36 bits per heavy atom. The van der Waals surface area contributed by atoms with Gasteiger partial charge in [0.1, 0.15) is 11.6 Å². The van der Waals surface area contributed by atoms with Crippen LogP contribution >= 0.6 is 0 Å². The third-order valence-electron chi connectivity index (χ3n) is 2.96. The molecule has 0 saturated carbocycles. The molecule has 2 aromatic rings. The van der Waals surface area contributed by atoms with Crippen molar-refractivity contribution in [2.45, 2.75) is 12.7 Å². The van der Waals surface area contributed by atoms with E-state index in [1.54, 1.807) is 12.1 Å². The van der Waals surface area contributed by atoms with Gasteiger partial charge < -0.3 is 10.2 Å². The molecule has 0 bridgehead atoms. The minimum atomic E-state index is -4.75. The summed E-state index contributed by atoms with van der Waals surface area (Å²) in [5.74, 6) is -1.31. The molecule has 2 aromatic carbocycles. The van der Waals surface area contributed by atoms with Crippen LogP contribution in [0.25, 0.3) is 0 Å². The molecule has 0 aliphatic heterocycles. The molecule has 0 aromatic heterocycles. The highest BCUT2D eigenvalue weighted by atomic mass is 19.4. The number of hydrogen-bond donors (Lipinski definition) is 2. The third-order valence-corrected chi connectivity index (χ3v) is 2.96. The normalized spacial score (nSPS) is 11.3. The molecule has 0 fully saturated rings. The number of alkyl halides is 3. The van der Waals surface area contributed by atoms with Crippen LogP contribution in [-0.4, -0.2) is 7.11 Å². The van der Waals surface area contributed by atoms with Crippen LogP contribution in [0.2, 0.25) is 0 Å². The van der Waals surface area contributed by atoms with Crippen LogP contribution in [0.15, 0.2) is 42.5 Å². The van der Waals surface area contributed by atoms with Crippen molar-refractivity contribution >= 4 is 5.69 Å². The average Bonchev–Trinajstić information content (AvgIpc) is 2.48. The van der Waals surface area contributed by atoms with E-state index in [1.165, 1.54) is 7.11 Å². The number of hydrazine groups is 1. The maximum absolute atomic E-state index is 13.5. The lowest BCUT2D eigenvalue weighted by atomic mass is 10.1. The van der Waals surface area contributed by atoms with Crippen LogP contribution in [0.3, 0.4) is 0 Å². The number of hydrogen-bond acceptors (Lipinski definition) is 3. The Morgan fingerprint density at radius 1 is 1.09 bits per heavy atom. The van der Waals surface area contributed by atoms with E-state index in [0.29, 0.717) is 0 Å². The number of nitrogens with one attached hydrogen (secondary N) is 2. The Hall–Kier alpha value is -2.28. The van der Waals surface area contributed by atoms with Gasteiger partial charge in [-0.25, -0.2) is 9.82 Å². The summed E-state index contributed by atoms with van der Waals surface area (Å²) in [5.41, 5.74) is 5.24. The summed E-state index contributed by atoms with van der Waals surface area (Å²) >= 11 is 0. The largest absolute Gasteiger partial charge is 0.496 e. The smallest absolute Gasteiger partial charge is 0.419 e. The Morgan fingerprint density at radius 2 is 1.77 bits per heavy atom. The third kappa shape index (κ3) is 3.88. The highest BCUT2D eigenvalue weighted by Crippen LogP contribution is 2.35. The summed E-state index contributed by atoms with van der Waals surface area (Å²) in [5, 5.41) is 0. The highest BCUT2D eigenvalue weighted by molar-refractivity contribution is 5.42. The van der Waals surface area contributed by atoms with Crippen LogP contribution in [0.1, 0.15) is 11.1 Å². The molecular weight excluding hydrogens is 300 g/mol. The summed E-state index contributed by atoms with van der Waals surface area (Å²) < 4.78 is 56.6. The monoisotopic (exact) mass is 314 g/mol. The summed E-state index contributed by atoms with van der Waals surface area (Å²) in [7, 11) is 1.27. The zero-order valence-electron chi connectivity index (χ0n) is 11.7. The van der Waals surface area contributed by atoms with Gasteiger partial charge in [-0.1, -0.05) is 18.2 Å². The Balaban J connectivity index is 2.15. The minimum Gasteiger partial charge on any atom is -0.496 e. The predicted octanol–water partition coefficient (Wildman–Crippen LogP) is 3.97. The van der Waals surface area contributed by atoms with Gasteiger partial charge in [0.25, 0.3) is 0 Å². The summed E-state index contributed by atoms with van der Waals surface area (Å²) in [6, 6.07) is 10.5. The molecule has 2 rings (SSSR count). The SMILES string of the molecule is COc1cc(F)c(C(F)(F)F)cc1CNNc1ccccc1. The number of ether oxygens (including phenoxy) is 1. The number of rotatable bonds is 5. The molecular formula is C15H14F4N2O. The fraction of sp³-hybridized carbons (Fsp3) is 0.200. The maximum Gasteiger partial charge on any atom is 0.419 e. The summed E-state index contributed by atoms with van der Waals surface area (Å²) in [6.45, 7) is 0.0292. The fourth-order valence-corrected chi connectivity index (χ4v) is 1.91. The highest BCUT2D eigenvalue weighted by Gasteiger charge is 2.35. The number of para-hydroxylation sites is 1. The van der Waals surface area contributed by atoms with Gasteiger partial charge in [-0.3, -0.25) is 0 Å². The lowest BCUT2D eigenvalue weighted by Crippen LogP contribution is -2.22. The Bertz CT molecular complexity index is 629. The standard InChI is InChI=1S/C15H14F4N2O/c1-22-14-8-13(16)12(15(17,18)19)7-10(14)9-20-21-11-5-3-2-4-6-11/h2-8,20-21H,9H2,1H3. The van der Waals surface area contributed by atoms with E-state index in [1.807, 2.05) is 18.2 Å². The lowest BCUT2D eigenvalue weighted by molar-refractivity contribution is -0.140. The zero-order valence-corrected chi connectivity index (χ0v) is 11.7. The van der Waals surface area contributed by atoms with E-state index in [4.69, 9.17) is 4.74 Å². The van der Waals surface area contributed by atoms with Gasteiger partial charge in [0.15, 0.2) is 0 Å². The molecule has 0 spiro atoms. The van der Waals surface area contributed by atoms with Gasteiger partial charge in [0.05, 0.1) is 12.7 Å². The van der Waals surface area contributed by atoms with Crippen molar-refractivity contribution in [2.24, 2.45) is 0 Å². The molecule has 7 heteroatoms.